The van der Waals surface area contributed by atoms with E-state index in [1.54, 1.807) is 17.0 Å². The Hall–Kier alpha value is -2.09. The van der Waals surface area contributed by atoms with Gasteiger partial charge in [0.1, 0.15) is 5.60 Å². The SMILES string of the molecule is COC(=O)c1cc(Br)c2c(c1)c(F)c([C@H]1CCCN(C(=O)OC(C)(C)C)C1)n2CC1CC1. The van der Waals surface area contributed by atoms with Crippen molar-refractivity contribution in [3.63, 3.8) is 0 Å². The number of rotatable bonds is 4. The molecule has 1 aliphatic heterocycles. The first-order valence-corrected chi connectivity index (χ1v) is 12.0. The van der Waals surface area contributed by atoms with Crippen LogP contribution in [0.2, 0.25) is 0 Å². The second-order valence-electron chi connectivity index (χ2n) is 9.86. The van der Waals surface area contributed by atoms with Crippen LogP contribution in [0.3, 0.4) is 0 Å². The van der Waals surface area contributed by atoms with E-state index in [1.807, 2.05) is 20.8 Å². The highest BCUT2D eigenvalue weighted by Gasteiger charge is 2.35. The predicted molar refractivity (Wildman–Crippen MR) is 123 cm³/mol. The van der Waals surface area contributed by atoms with E-state index in [2.05, 4.69) is 20.5 Å². The van der Waals surface area contributed by atoms with E-state index in [0.717, 1.165) is 37.7 Å². The van der Waals surface area contributed by atoms with Crippen molar-refractivity contribution < 1.29 is 23.5 Å². The highest BCUT2D eigenvalue weighted by molar-refractivity contribution is 9.10. The lowest BCUT2D eigenvalue weighted by Crippen LogP contribution is -2.42. The van der Waals surface area contributed by atoms with Crippen LogP contribution in [0.15, 0.2) is 16.6 Å². The molecular formula is C24H30BrFN2O4. The standard InChI is InChI=1S/C24H30BrFN2O4/c1-24(2,3)32-23(30)27-9-5-6-15(13-27)20-19(26)17-10-16(22(29)31-4)11-18(25)21(17)28(20)12-14-7-8-14/h10-11,14-15H,5-9,12-13H2,1-4H3/t15-/m0/s1. The van der Waals surface area contributed by atoms with Crippen LogP contribution in [0.4, 0.5) is 9.18 Å². The lowest BCUT2D eigenvalue weighted by atomic mass is 9.94. The fraction of sp³-hybridized carbons (Fsp3) is 0.583. The number of likely N-dealkylation sites (tertiary alicyclic amines) is 1. The van der Waals surface area contributed by atoms with E-state index in [0.29, 0.717) is 40.1 Å². The molecule has 6 nitrogen and oxygen atoms in total. The number of aromatic nitrogens is 1. The molecule has 174 valence electrons. The number of ether oxygens (including phenoxy) is 2. The summed E-state index contributed by atoms with van der Waals surface area (Å²) in [5.74, 6) is -0.433. The molecule has 2 fully saturated rings. The molecule has 1 amide bonds. The molecule has 2 heterocycles. The summed E-state index contributed by atoms with van der Waals surface area (Å²) in [7, 11) is 1.31. The number of amides is 1. The van der Waals surface area contributed by atoms with Crippen molar-refractivity contribution in [3.8, 4) is 0 Å². The molecule has 0 unspecified atom stereocenters. The van der Waals surface area contributed by atoms with Gasteiger partial charge in [-0.2, -0.15) is 0 Å². The highest BCUT2D eigenvalue weighted by atomic mass is 79.9. The first-order valence-electron chi connectivity index (χ1n) is 11.2. The van der Waals surface area contributed by atoms with Crippen LogP contribution in [-0.2, 0) is 16.0 Å². The fourth-order valence-corrected chi connectivity index (χ4v) is 5.17. The van der Waals surface area contributed by atoms with Crippen LogP contribution in [0.1, 0.15) is 68.4 Å². The van der Waals surface area contributed by atoms with E-state index in [4.69, 9.17) is 9.47 Å². The van der Waals surface area contributed by atoms with Crippen LogP contribution >= 0.6 is 15.9 Å². The van der Waals surface area contributed by atoms with E-state index in [1.165, 1.54) is 7.11 Å². The van der Waals surface area contributed by atoms with Gasteiger partial charge in [0.2, 0.25) is 0 Å². The van der Waals surface area contributed by atoms with E-state index >= 15 is 4.39 Å². The zero-order chi connectivity index (χ0) is 23.2. The third kappa shape index (κ3) is 4.65. The van der Waals surface area contributed by atoms with Gasteiger partial charge in [0.25, 0.3) is 0 Å². The van der Waals surface area contributed by atoms with Crippen molar-refractivity contribution in [2.45, 2.75) is 64.5 Å². The Labute approximate surface area is 196 Å². The number of carbonyl (C=O) groups is 2. The predicted octanol–water partition coefficient (Wildman–Crippen LogP) is 5.85. The summed E-state index contributed by atoms with van der Waals surface area (Å²) >= 11 is 3.57. The van der Waals surface area contributed by atoms with Crippen LogP contribution < -0.4 is 0 Å². The molecule has 0 spiro atoms. The van der Waals surface area contributed by atoms with Crippen LogP contribution in [0, 0.1) is 11.7 Å². The van der Waals surface area contributed by atoms with E-state index in [9.17, 15) is 9.59 Å². The molecule has 8 heteroatoms. The molecule has 1 aromatic heterocycles. The Balaban J connectivity index is 1.75. The number of methoxy groups -OCH3 is 1. The number of carbonyl (C=O) groups excluding carboxylic acids is 2. The Morgan fingerprint density at radius 1 is 1.22 bits per heavy atom. The number of nitrogens with zero attached hydrogens (tertiary/aromatic N) is 2. The van der Waals surface area contributed by atoms with Gasteiger partial charge < -0.3 is 18.9 Å². The summed E-state index contributed by atoms with van der Waals surface area (Å²) < 4.78 is 29.1. The lowest BCUT2D eigenvalue weighted by molar-refractivity contribution is 0.0194. The number of esters is 1. The first kappa shape index (κ1) is 23.1. The van der Waals surface area contributed by atoms with Gasteiger partial charge in [-0.15, -0.1) is 0 Å². The lowest BCUT2D eigenvalue weighted by Gasteiger charge is -2.34. The summed E-state index contributed by atoms with van der Waals surface area (Å²) in [5, 5.41) is 0.407. The van der Waals surface area contributed by atoms with Gasteiger partial charge in [0.05, 0.1) is 23.9 Å². The molecule has 0 radical (unpaired) electrons. The fourth-order valence-electron chi connectivity index (χ4n) is 4.49. The molecule has 0 bridgehead atoms. The van der Waals surface area contributed by atoms with Crippen molar-refractivity contribution in [1.29, 1.82) is 0 Å². The third-order valence-corrected chi connectivity index (χ3v) is 6.71. The number of benzene rings is 1. The van der Waals surface area contributed by atoms with Gasteiger partial charge in [-0.3, -0.25) is 0 Å². The van der Waals surface area contributed by atoms with Gasteiger partial charge in [-0.1, -0.05) is 0 Å². The van der Waals surface area contributed by atoms with Gasteiger partial charge >= 0.3 is 12.1 Å². The van der Waals surface area contributed by atoms with Crippen molar-refractivity contribution in [1.82, 2.24) is 9.47 Å². The van der Waals surface area contributed by atoms with Gasteiger partial charge in [-0.05, 0) is 80.4 Å². The molecule has 0 N–H and O–H groups in total. The number of hydrogen-bond donors (Lipinski definition) is 0. The normalized spacial score (nSPS) is 19.3. The molecule has 1 aliphatic carbocycles. The second-order valence-corrected chi connectivity index (χ2v) is 10.7. The Morgan fingerprint density at radius 3 is 2.56 bits per heavy atom. The Bertz CT molecular complexity index is 1050. The van der Waals surface area contributed by atoms with Gasteiger partial charge in [-0.25, -0.2) is 14.0 Å². The molecule has 2 aliphatic rings. The summed E-state index contributed by atoms with van der Waals surface area (Å²) in [6.45, 7) is 7.27. The number of piperidine rings is 1. The minimum absolute atomic E-state index is 0.143. The molecular weight excluding hydrogens is 479 g/mol. The van der Waals surface area contributed by atoms with Crippen molar-refractivity contribution >= 4 is 38.9 Å². The monoisotopic (exact) mass is 508 g/mol. The van der Waals surface area contributed by atoms with Crippen LogP contribution in [0.5, 0.6) is 0 Å². The molecule has 32 heavy (non-hydrogen) atoms. The Morgan fingerprint density at radius 2 is 1.94 bits per heavy atom. The molecule has 4 rings (SSSR count). The zero-order valence-electron chi connectivity index (χ0n) is 19.0. The van der Waals surface area contributed by atoms with Gasteiger partial charge in [0.15, 0.2) is 5.82 Å². The molecule has 1 atom stereocenters. The first-order chi connectivity index (χ1) is 15.1. The maximum Gasteiger partial charge on any atom is 0.410 e. The average Bonchev–Trinajstić information content (AvgIpc) is 3.50. The summed E-state index contributed by atoms with van der Waals surface area (Å²) in [4.78, 5) is 26.5. The maximum absolute atomic E-state index is 15.9. The molecule has 1 saturated carbocycles. The summed E-state index contributed by atoms with van der Waals surface area (Å²) in [6, 6.07) is 3.26. The highest BCUT2D eigenvalue weighted by Crippen LogP contribution is 2.41. The zero-order valence-corrected chi connectivity index (χ0v) is 20.6. The van der Waals surface area contributed by atoms with Crippen molar-refractivity contribution in [2.75, 3.05) is 20.2 Å². The summed E-state index contributed by atoms with van der Waals surface area (Å²) in [5.41, 5.74) is 1.10. The number of hydrogen-bond acceptors (Lipinski definition) is 4. The van der Waals surface area contributed by atoms with Crippen LogP contribution in [0.25, 0.3) is 10.9 Å². The van der Waals surface area contributed by atoms with E-state index < -0.39 is 11.6 Å². The quantitative estimate of drug-likeness (QED) is 0.485. The largest absolute Gasteiger partial charge is 0.465 e. The second kappa shape index (κ2) is 8.69. The average molecular weight is 509 g/mol. The van der Waals surface area contributed by atoms with Crippen molar-refractivity contribution in [2.24, 2.45) is 5.92 Å². The Kier molecular flexibility index (Phi) is 6.27. The number of halogens is 2. The molecule has 2 aromatic rings. The smallest absolute Gasteiger partial charge is 0.410 e. The van der Waals surface area contributed by atoms with E-state index in [-0.39, 0.29) is 17.8 Å². The van der Waals surface area contributed by atoms with Gasteiger partial charge in [0, 0.05) is 35.4 Å². The minimum atomic E-state index is -0.578. The summed E-state index contributed by atoms with van der Waals surface area (Å²) in [6.07, 6.45) is 3.48. The topological polar surface area (TPSA) is 60.8 Å². The number of fused-ring (bicyclic) bond motifs is 1. The third-order valence-electron chi connectivity index (χ3n) is 6.10. The van der Waals surface area contributed by atoms with Crippen molar-refractivity contribution in [3.05, 3.63) is 33.7 Å². The van der Waals surface area contributed by atoms with Crippen LogP contribution in [-0.4, -0.2) is 47.3 Å². The minimum Gasteiger partial charge on any atom is -0.465 e. The molecule has 1 aromatic carbocycles. The maximum atomic E-state index is 15.9. The molecule has 1 saturated heterocycles.